The van der Waals surface area contributed by atoms with E-state index in [1.165, 1.54) is 19.5 Å². The lowest BCUT2D eigenvalue weighted by Gasteiger charge is -1.90. The summed E-state index contributed by atoms with van der Waals surface area (Å²) in [5.41, 5.74) is 0. The topological polar surface area (TPSA) is 52.2 Å². The predicted molar refractivity (Wildman–Crippen MR) is 41.5 cm³/mol. The predicted octanol–water partition coefficient (Wildman–Crippen LogP) is 0.111. The molecule has 62 valence electrons. The Kier molecular flexibility index (Phi) is 5.87. The van der Waals surface area contributed by atoms with E-state index in [0.29, 0.717) is 0 Å². The zero-order valence-electron chi connectivity index (χ0n) is 6.42. The van der Waals surface area contributed by atoms with E-state index in [4.69, 9.17) is 8.76 Å². The monoisotopic (exact) mass is 164 g/mol. The standard InChI is InChI=1S/C5H11N.CH4O2S/c1-5-2-3-6-4-5;1-4(2)3/h5-6H,2-4H2,1H3;1H3,(H,2,3)/p-1. The van der Waals surface area contributed by atoms with Gasteiger partial charge in [0.05, 0.1) is 0 Å². The van der Waals surface area contributed by atoms with Crippen molar-refractivity contribution >= 4 is 11.1 Å². The van der Waals surface area contributed by atoms with Crippen LogP contribution in [0.3, 0.4) is 0 Å². The van der Waals surface area contributed by atoms with E-state index in [1.54, 1.807) is 0 Å². The fraction of sp³-hybridized carbons (Fsp3) is 1.00. The van der Waals surface area contributed by atoms with Gasteiger partial charge < -0.3 is 9.87 Å². The van der Waals surface area contributed by atoms with Crippen molar-refractivity contribution in [2.45, 2.75) is 13.3 Å². The maximum atomic E-state index is 9.00. The van der Waals surface area contributed by atoms with Crippen molar-refractivity contribution in [1.29, 1.82) is 0 Å². The molecule has 1 aliphatic heterocycles. The van der Waals surface area contributed by atoms with Gasteiger partial charge in [0, 0.05) is 0 Å². The first-order valence-corrected chi connectivity index (χ1v) is 4.83. The van der Waals surface area contributed by atoms with Gasteiger partial charge in [-0.1, -0.05) is 18.0 Å². The van der Waals surface area contributed by atoms with Crippen molar-refractivity contribution in [2.75, 3.05) is 19.3 Å². The molecule has 10 heavy (non-hydrogen) atoms. The Morgan fingerprint density at radius 2 is 2.20 bits per heavy atom. The molecule has 1 rings (SSSR count). The van der Waals surface area contributed by atoms with Crippen LogP contribution < -0.4 is 5.32 Å². The molecular weight excluding hydrogens is 150 g/mol. The Hall–Kier alpha value is 0.0700. The highest BCUT2D eigenvalue weighted by Gasteiger charge is 2.06. The molecule has 1 fully saturated rings. The van der Waals surface area contributed by atoms with Crippen molar-refractivity contribution < 1.29 is 8.76 Å². The third-order valence-electron chi connectivity index (χ3n) is 1.31. The third-order valence-corrected chi connectivity index (χ3v) is 1.31. The number of nitrogens with one attached hydrogen (secondary N) is 1. The van der Waals surface area contributed by atoms with Crippen LogP contribution in [0, 0.1) is 5.92 Å². The van der Waals surface area contributed by atoms with Gasteiger partial charge >= 0.3 is 0 Å². The fourth-order valence-electron chi connectivity index (χ4n) is 0.799. The summed E-state index contributed by atoms with van der Waals surface area (Å²) in [6, 6.07) is 0. The minimum Gasteiger partial charge on any atom is -0.773 e. The van der Waals surface area contributed by atoms with Crippen molar-refractivity contribution in [2.24, 2.45) is 5.92 Å². The van der Waals surface area contributed by atoms with Crippen LogP contribution in [0.15, 0.2) is 0 Å². The van der Waals surface area contributed by atoms with Crippen LogP contribution in [-0.2, 0) is 11.1 Å². The molecule has 1 heterocycles. The minimum atomic E-state index is -1.86. The summed E-state index contributed by atoms with van der Waals surface area (Å²) < 4.78 is 18.0. The van der Waals surface area contributed by atoms with Gasteiger partial charge in [-0.25, -0.2) is 0 Å². The van der Waals surface area contributed by atoms with Crippen LogP contribution >= 0.6 is 0 Å². The van der Waals surface area contributed by atoms with Crippen LogP contribution in [0.4, 0.5) is 0 Å². The summed E-state index contributed by atoms with van der Waals surface area (Å²) in [4.78, 5) is 0. The van der Waals surface area contributed by atoms with Gasteiger partial charge in [0.2, 0.25) is 0 Å². The van der Waals surface area contributed by atoms with Crippen LogP contribution in [0.2, 0.25) is 0 Å². The number of hydrogen-bond acceptors (Lipinski definition) is 3. The summed E-state index contributed by atoms with van der Waals surface area (Å²) in [5, 5.41) is 3.27. The Labute approximate surface area is 64.5 Å². The fourth-order valence-corrected chi connectivity index (χ4v) is 0.799. The Morgan fingerprint density at radius 3 is 2.30 bits per heavy atom. The second-order valence-corrected chi connectivity index (χ2v) is 3.30. The summed E-state index contributed by atoms with van der Waals surface area (Å²) in [6.45, 7) is 4.75. The maximum absolute atomic E-state index is 9.00. The van der Waals surface area contributed by atoms with Crippen molar-refractivity contribution in [1.82, 2.24) is 5.32 Å². The van der Waals surface area contributed by atoms with Crippen LogP contribution in [-0.4, -0.2) is 28.1 Å². The zero-order valence-corrected chi connectivity index (χ0v) is 7.24. The van der Waals surface area contributed by atoms with Crippen molar-refractivity contribution in [3.63, 3.8) is 0 Å². The Morgan fingerprint density at radius 1 is 1.70 bits per heavy atom. The lowest BCUT2D eigenvalue weighted by atomic mass is 10.2. The highest BCUT2D eigenvalue weighted by molar-refractivity contribution is 7.78. The molecule has 3 nitrogen and oxygen atoms in total. The van der Waals surface area contributed by atoms with E-state index < -0.39 is 11.1 Å². The number of hydrogen-bond donors (Lipinski definition) is 1. The first-order chi connectivity index (χ1) is 4.63. The minimum absolute atomic E-state index is 0.935. The van der Waals surface area contributed by atoms with E-state index in [9.17, 15) is 0 Å². The molecule has 0 amide bonds. The average Bonchev–Trinajstić information content (AvgIpc) is 2.15. The Bertz CT molecular complexity index is 97.9. The quantitative estimate of drug-likeness (QED) is 0.517. The van der Waals surface area contributed by atoms with Crippen LogP contribution in [0.25, 0.3) is 0 Å². The molecule has 0 aromatic heterocycles. The van der Waals surface area contributed by atoms with E-state index >= 15 is 0 Å². The molecule has 1 aliphatic rings. The molecule has 4 heteroatoms. The molecule has 0 aliphatic carbocycles. The second kappa shape index (κ2) is 5.82. The van der Waals surface area contributed by atoms with E-state index in [0.717, 1.165) is 12.2 Å². The van der Waals surface area contributed by atoms with Crippen molar-refractivity contribution in [3.05, 3.63) is 0 Å². The summed E-state index contributed by atoms with van der Waals surface area (Å²) in [6.07, 6.45) is 2.46. The van der Waals surface area contributed by atoms with Gasteiger partial charge in [0.25, 0.3) is 0 Å². The molecule has 2 unspecified atom stereocenters. The second-order valence-electron chi connectivity index (χ2n) is 2.50. The van der Waals surface area contributed by atoms with Crippen LogP contribution in [0.1, 0.15) is 13.3 Å². The molecule has 2 atom stereocenters. The first kappa shape index (κ1) is 10.1. The normalized spacial score (nSPS) is 26.9. The lowest BCUT2D eigenvalue weighted by molar-refractivity contribution is 0.543. The van der Waals surface area contributed by atoms with Gasteiger partial charge in [-0.3, -0.25) is 4.21 Å². The molecular formula is C6H14NO2S-. The molecule has 0 radical (unpaired) electrons. The average molecular weight is 164 g/mol. The highest BCUT2D eigenvalue weighted by Crippen LogP contribution is 2.03. The molecule has 1 saturated heterocycles. The van der Waals surface area contributed by atoms with Gasteiger partial charge in [0.1, 0.15) is 0 Å². The van der Waals surface area contributed by atoms with Gasteiger partial charge in [-0.15, -0.1) is 0 Å². The molecule has 0 aromatic rings. The lowest BCUT2D eigenvalue weighted by Crippen LogP contribution is -2.06. The summed E-state index contributed by atoms with van der Waals surface area (Å²) in [5.74, 6) is 0.935. The van der Waals surface area contributed by atoms with E-state index in [1.807, 2.05) is 0 Å². The van der Waals surface area contributed by atoms with Crippen molar-refractivity contribution in [3.8, 4) is 0 Å². The zero-order chi connectivity index (χ0) is 7.98. The molecule has 0 saturated carbocycles. The SMILES string of the molecule is CC1CCNC1.CS(=O)[O-]. The van der Waals surface area contributed by atoms with E-state index in [2.05, 4.69) is 12.2 Å². The highest BCUT2D eigenvalue weighted by atomic mass is 32.2. The van der Waals surface area contributed by atoms with Gasteiger partial charge in [-0.2, -0.15) is 0 Å². The largest absolute Gasteiger partial charge is 0.773 e. The molecule has 0 aromatic carbocycles. The number of rotatable bonds is 0. The molecule has 0 bridgehead atoms. The maximum Gasteiger partial charge on any atom is -0.00142 e. The summed E-state index contributed by atoms with van der Waals surface area (Å²) in [7, 11) is 0. The smallest absolute Gasteiger partial charge is 0.00142 e. The first-order valence-electron chi connectivity index (χ1n) is 3.34. The van der Waals surface area contributed by atoms with Gasteiger partial charge in [0.15, 0.2) is 0 Å². The Balaban J connectivity index is 0.000000180. The molecule has 0 spiro atoms. The van der Waals surface area contributed by atoms with E-state index in [-0.39, 0.29) is 0 Å². The van der Waals surface area contributed by atoms with Crippen LogP contribution in [0.5, 0.6) is 0 Å². The summed E-state index contributed by atoms with van der Waals surface area (Å²) >= 11 is -1.86. The third kappa shape index (κ3) is 8.07. The van der Waals surface area contributed by atoms with Gasteiger partial charge in [-0.05, 0) is 31.7 Å². The molecule has 1 N–H and O–H groups in total.